The van der Waals surface area contributed by atoms with Crippen molar-refractivity contribution in [2.24, 2.45) is 0 Å². The molecule has 0 spiro atoms. The molecule has 1 unspecified atom stereocenters. The number of ketones is 1. The molecule has 8 heteroatoms. The summed E-state index contributed by atoms with van der Waals surface area (Å²) in [5.41, 5.74) is -0.127. The first-order chi connectivity index (χ1) is 12.5. The molecule has 1 saturated heterocycles. The van der Waals surface area contributed by atoms with Gasteiger partial charge >= 0.3 is 0 Å². The summed E-state index contributed by atoms with van der Waals surface area (Å²) in [6.45, 7) is 1.54. The smallest absolute Gasteiger partial charge is 0.254 e. The second kappa shape index (κ2) is 8.16. The Morgan fingerprint density at radius 3 is 2.38 bits per heavy atom. The van der Waals surface area contributed by atoms with E-state index in [-0.39, 0.29) is 5.02 Å². The molecule has 0 saturated carbocycles. The third-order valence-electron chi connectivity index (χ3n) is 4.11. The molecule has 1 aliphatic heterocycles. The Morgan fingerprint density at radius 2 is 1.73 bits per heavy atom. The topological polar surface area (TPSA) is 68.6 Å². The Kier molecular flexibility index (Phi) is 5.90. The molecule has 0 radical (unpaired) electrons. The first kappa shape index (κ1) is 18.8. The van der Waals surface area contributed by atoms with Gasteiger partial charge in [0.2, 0.25) is 0 Å². The quantitative estimate of drug-likeness (QED) is 0.542. The van der Waals surface area contributed by atoms with Crippen molar-refractivity contribution >= 4 is 39.2 Å². The fraction of sp³-hybridized carbons (Fsp3) is 0.278. The zero-order chi connectivity index (χ0) is 18.7. The molecule has 1 fully saturated rings. The van der Waals surface area contributed by atoms with Crippen LogP contribution >= 0.6 is 27.5 Å². The standard InChI is InChI=1S/C18H16BrClN2O4/c19-13-3-1-12(2-4-13)17(24)16(18(25)21-7-9-26-10-8-21)22-11-14(20)5-6-15(22)23/h1-6,11,16H,7-10H2. The van der Waals surface area contributed by atoms with Gasteiger partial charge in [0.25, 0.3) is 11.5 Å². The molecular weight excluding hydrogens is 424 g/mol. The minimum absolute atomic E-state index is 0.271. The van der Waals surface area contributed by atoms with Crippen LogP contribution in [0.5, 0.6) is 0 Å². The molecule has 1 aliphatic rings. The molecule has 1 amide bonds. The van der Waals surface area contributed by atoms with E-state index in [2.05, 4.69) is 15.9 Å². The van der Waals surface area contributed by atoms with Gasteiger partial charge in [-0.3, -0.25) is 19.0 Å². The maximum atomic E-state index is 13.1. The number of carbonyl (C=O) groups excluding carboxylic acids is 2. The van der Waals surface area contributed by atoms with E-state index in [1.807, 2.05) is 0 Å². The second-order valence-electron chi connectivity index (χ2n) is 5.80. The number of pyridine rings is 1. The third kappa shape index (κ3) is 4.06. The number of hydrogen-bond donors (Lipinski definition) is 0. The second-order valence-corrected chi connectivity index (χ2v) is 7.16. The SMILES string of the molecule is O=C(c1ccc(Br)cc1)C(C(=O)N1CCOCC1)n1cc(Cl)ccc1=O. The molecule has 1 atom stereocenters. The summed E-state index contributed by atoms with van der Waals surface area (Å²) in [6.07, 6.45) is 1.32. The van der Waals surface area contributed by atoms with Crippen molar-refractivity contribution in [1.82, 2.24) is 9.47 Å². The van der Waals surface area contributed by atoms with Gasteiger partial charge in [0.15, 0.2) is 11.8 Å². The van der Waals surface area contributed by atoms with Gasteiger partial charge in [0, 0.05) is 35.4 Å². The third-order valence-corrected chi connectivity index (χ3v) is 4.87. The molecule has 0 N–H and O–H groups in total. The van der Waals surface area contributed by atoms with E-state index in [4.69, 9.17) is 16.3 Å². The zero-order valence-electron chi connectivity index (χ0n) is 13.7. The average molecular weight is 440 g/mol. The Labute approximate surface area is 163 Å². The highest BCUT2D eigenvalue weighted by Crippen LogP contribution is 2.20. The average Bonchev–Trinajstić information content (AvgIpc) is 2.66. The number of amides is 1. The minimum atomic E-state index is -1.31. The summed E-state index contributed by atoms with van der Waals surface area (Å²) in [5.74, 6) is -0.899. The van der Waals surface area contributed by atoms with Crippen molar-refractivity contribution in [3.63, 3.8) is 0 Å². The van der Waals surface area contributed by atoms with E-state index in [1.54, 1.807) is 24.3 Å². The van der Waals surface area contributed by atoms with E-state index >= 15 is 0 Å². The lowest BCUT2D eigenvalue weighted by atomic mass is 10.0. The molecule has 1 aromatic heterocycles. The number of hydrogen-bond acceptors (Lipinski definition) is 4. The van der Waals surface area contributed by atoms with Crippen molar-refractivity contribution in [2.45, 2.75) is 6.04 Å². The van der Waals surface area contributed by atoms with E-state index in [0.29, 0.717) is 31.9 Å². The van der Waals surface area contributed by atoms with Gasteiger partial charge in [0.05, 0.1) is 18.2 Å². The molecule has 26 heavy (non-hydrogen) atoms. The summed E-state index contributed by atoms with van der Waals surface area (Å²) in [7, 11) is 0. The Balaban J connectivity index is 2.04. The number of aromatic nitrogens is 1. The summed E-state index contributed by atoms with van der Waals surface area (Å²) < 4.78 is 7.17. The van der Waals surface area contributed by atoms with Crippen LogP contribution in [0.2, 0.25) is 5.02 Å². The van der Waals surface area contributed by atoms with Crippen LogP contribution < -0.4 is 5.56 Å². The summed E-state index contributed by atoms with van der Waals surface area (Å²) in [4.78, 5) is 40.1. The van der Waals surface area contributed by atoms with Gasteiger partial charge in [-0.05, 0) is 18.2 Å². The normalized spacial score (nSPS) is 15.5. The van der Waals surface area contributed by atoms with E-state index in [0.717, 1.165) is 9.04 Å². The van der Waals surface area contributed by atoms with Crippen LogP contribution in [-0.4, -0.2) is 47.5 Å². The fourth-order valence-corrected chi connectivity index (χ4v) is 3.20. The van der Waals surface area contributed by atoms with E-state index in [1.165, 1.54) is 23.2 Å². The van der Waals surface area contributed by atoms with Crippen LogP contribution in [0.25, 0.3) is 0 Å². The first-order valence-electron chi connectivity index (χ1n) is 8.01. The Hall–Kier alpha value is -1.96. The summed E-state index contributed by atoms with van der Waals surface area (Å²) in [5, 5.41) is 0.271. The Morgan fingerprint density at radius 1 is 1.08 bits per heavy atom. The van der Waals surface area contributed by atoms with Crippen LogP contribution in [0.3, 0.4) is 0 Å². The predicted octanol–water partition coefficient (Wildman–Crippen LogP) is 2.55. The first-order valence-corrected chi connectivity index (χ1v) is 9.18. The van der Waals surface area contributed by atoms with Crippen LogP contribution in [0.15, 0.2) is 51.9 Å². The van der Waals surface area contributed by atoms with Crippen LogP contribution in [-0.2, 0) is 9.53 Å². The number of rotatable bonds is 4. The minimum Gasteiger partial charge on any atom is -0.378 e. The largest absolute Gasteiger partial charge is 0.378 e. The number of nitrogens with zero attached hydrogens (tertiary/aromatic N) is 2. The molecule has 2 aromatic rings. The number of Topliss-reactive ketones (excluding diaryl/α,β-unsaturated/α-hetero) is 1. The lowest BCUT2D eigenvalue weighted by Crippen LogP contribution is -2.48. The van der Waals surface area contributed by atoms with Gasteiger partial charge < -0.3 is 9.64 Å². The zero-order valence-corrected chi connectivity index (χ0v) is 16.1. The number of morpholine rings is 1. The van der Waals surface area contributed by atoms with Gasteiger partial charge in [-0.25, -0.2) is 0 Å². The fourth-order valence-electron chi connectivity index (χ4n) is 2.76. The van der Waals surface area contributed by atoms with Crippen LogP contribution in [0.1, 0.15) is 16.4 Å². The molecule has 136 valence electrons. The number of halogens is 2. The predicted molar refractivity (Wildman–Crippen MR) is 101 cm³/mol. The van der Waals surface area contributed by atoms with Gasteiger partial charge in [-0.2, -0.15) is 0 Å². The van der Waals surface area contributed by atoms with E-state index in [9.17, 15) is 14.4 Å². The van der Waals surface area contributed by atoms with Crippen molar-refractivity contribution in [3.8, 4) is 0 Å². The van der Waals surface area contributed by atoms with Crippen molar-refractivity contribution in [3.05, 3.63) is 68.0 Å². The van der Waals surface area contributed by atoms with Gasteiger partial charge in [-0.15, -0.1) is 0 Å². The summed E-state index contributed by atoms with van der Waals surface area (Å²) in [6, 6.07) is 8.02. The number of benzene rings is 1. The molecule has 0 bridgehead atoms. The molecular formula is C18H16BrClN2O4. The van der Waals surface area contributed by atoms with Gasteiger partial charge in [-0.1, -0.05) is 39.7 Å². The van der Waals surface area contributed by atoms with Crippen molar-refractivity contribution < 1.29 is 14.3 Å². The maximum Gasteiger partial charge on any atom is 0.254 e. The molecule has 0 aliphatic carbocycles. The highest BCUT2D eigenvalue weighted by Gasteiger charge is 2.34. The van der Waals surface area contributed by atoms with Crippen molar-refractivity contribution in [1.29, 1.82) is 0 Å². The monoisotopic (exact) mass is 438 g/mol. The highest BCUT2D eigenvalue weighted by molar-refractivity contribution is 9.10. The Bertz CT molecular complexity index is 876. The van der Waals surface area contributed by atoms with Gasteiger partial charge in [0.1, 0.15) is 0 Å². The molecule has 2 heterocycles. The van der Waals surface area contributed by atoms with Crippen LogP contribution in [0.4, 0.5) is 0 Å². The lowest BCUT2D eigenvalue weighted by molar-refractivity contribution is -0.137. The van der Waals surface area contributed by atoms with Crippen LogP contribution in [0, 0.1) is 0 Å². The molecule has 6 nitrogen and oxygen atoms in total. The van der Waals surface area contributed by atoms with E-state index < -0.39 is 23.3 Å². The lowest BCUT2D eigenvalue weighted by Gasteiger charge is -2.30. The highest BCUT2D eigenvalue weighted by atomic mass is 79.9. The maximum absolute atomic E-state index is 13.1. The number of ether oxygens (including phenoxy) is 1. The summed E-state index contributed by atoms with van der Waals surface area (Å²) >= 11 is 9.32. The molecule has 3 rings (SSSR count). The number of carbonyl (C=O) groups is 2. The van der Waals surface area contributed by atoms with Crippen molar-refractivity contribution in [2.75, 3.05) is 26.3 Å². The molecule has 1 aromatic carbocycles.